The van der Waals surface area contributed by atoms with Crippen LogP contribution in [0.3, 0.4) is 0 Å². The van der Waals surface area contributed by atoms with Crippen molar-refractivity contribution in [1.82, 2.24) is 10.2 Å². The Balaban J connectivity index is 1.56. The van der Waals surface area contributed by atoms with Crippen molar-refractivity contribution < 1.29 is 0 Å². The van der Waals surface area contributed by atoms with Crippen LogP contribution in [0.1, 0.15) is 18.4 Å². The zero-order valence-corrected chi connectivity index (χ0v) is 11.9. The minimum Gasteiger partial charge on any atom is -0.316 e. The van der Waals surface area contributed by atoms with E-state index >= 15 is 0 Å². The lowest BCUT2D eigenvalue weighted by Gasteiger charge is -2.33. The van der Waals surface area contributed by atoms with E-state index < -0.39 is 0 Å². The molecule has 0 spiro atoms. The van der Waals surface area contributed by atoms with E-state index in [9.17, 15) is 0 Å². The van der Waals surface area contributed by atoms with Crippen LogP contribution in [-0.2, 0) is 6.42 Å². The third kappa shape index (κ3) is 2.73. The van der Waals surface area contributed by atoms with Gasteiger partial charge in [0.15, 0.2) is 0 Å². The van der Waals surface area contributed by atoms with Crippen molar-refractivity contribution in [2.75, 3.05) is 26.7 Å². The summed E-state index contributed by atoms with van der Waals surface area (Å²) in [6, 6.07) is 9.58. The van der Waals surface area contributed by atoms with Gasteiger partial charge in [0.05, 0.1) is 0 Å². The summed E-state index contributed by atoms with van der Waals surface area (Å²) in [6.07, 6.45) is 3.93. The zero-order valence-electron chi connectivity index (χ0n) is 11.1. The Hall–Kier alpha value is -0.510. The van der Waals surface area contributed by atoms with Gasteiger partial charge in [0.25, 0.3) is 0 Å². The molecular formula is C15H22N2S. The molecule has 2 unspecified atom stereocenters. The smallest absolute Gasteiger partial charge is 0.0263 e. The van der Waals surface area contributed by atoms with Gasteiger partial charge in [-0.3, -0.25) is 0 Å². The lowest BCUT2D eigenvalue weighted by Crippen LogP contribution is -2.46. The molecule has 1 aromatic rings. The summed E-state index contributed by atoms with van der Waals surface area (Å²) in [5, 5.41) is 4.19. The summed E-state index contributed by atoms with van der Waals surface area (Å²) in [5.74, 6) is 0. The molecule has 2 nitrogen and oxygen atoms in total. The quantitative estimate of drug-likeness (QED) is 0.900. The van der Waals surface area contributed by atoms with Crippen LogP contribution in [0.25, 0.3) is 0 Å². The standard InChI is InChI=1S/C15H22N2S/c1-16-13-6-4-8-17(10-13)11-14-9-12-5-2-3-7-15(12)18-14/h2-3,5,7,13-14,16H,4,6,8-11H2,1H3. The van der Waals surface area contributed by atoms with Gasteiger partial charge < -0.3 is 10.2 Å². The maximum absolute atomic E-state index is 3.43. The van der Waals surface area contributed by atoms with E-state index in [0.717, 1.165) is 5.25 Å². The van der Waals surface area contributed by atoms with E-state index in [0.29, 0.717) is 6.04 Å². The molecule has 0 aliphatic carbocycles. The number of nitrogens with one attached hydrogen (secondary N) is 1. The van der Waals surface area contributed by atoms with Gasteiger partial charge in [0, 0.05) is 29.3 Å². The first-order chi connectivity index (χ1) is 8.85. The summed E-state index contributed by atoms with van der Waals surface area (Å²) < 4.78 is 0. The Labute approximate surface area is 114 Å². The molecule has 0 amide bonds. The zero-order chi connectivity index (χ0) is 12.4. The van der Waals surface area contributed by atoms with Crippen molar-refractivity contribution in [3.8, 4) is 0 Å². The molecule has 18 heavy (non-hydrogen) atoms. The van der Waals surface area contributed by atoms with Crippen LogP contribution in [0, 0.1) is 0 Å². The van der Waals surface area contributed by atoms with E-state index in [1.807, 2.05) is 0 Å². The molecule has 98 valence electrons. The third-order valence-electron chi connectivity index (χ3n) is 4.09. The minimum atomic E-state index is 0.701. The largest absolute Gasteiger partial charge is 0.316 e. The van der Waals surface area contributed by atoms with Crippen LogP contribution >= 0.6 is 11.8 Å². The molecule has 2 aliphatic rings. The van der Waals surface area contributed by atoms with Crippen LogP contribution < -0.4 is 5.32 Å². The number of piperidine rings is 1. The van der Waals surface area contributed by atoms with E-state index in [2.05, 4.69) is 53.3 Å². The van der Waals surface area contributed by atoms with Gasteiger partial charge in [-0.1, -0.05) is 18.2 Å². The first-order valence-corrected chi connectivity index (χ1v) is 7.87. The molecule has 3 heteroatoms. The molecule has 1 aromatic carbocycles. The molecular weight excluding hydrogens is 240 g/mol. The van der Waals surface area contributed by atoms with Gasteiger partial charge in [-0.2, -0.15) is 0 Å². The first-order valence-electron chi connectivity index (χ1n) is 6.99. The van der Waals surface area contributed by atoms with Crippen LogP contribution in [0.5, 0.6) is 0 Å². The Kier molecular flexibility index (Phi) is 3.92. The molecule has 2 heterocycles. The van der Waals surface area contributed by atoms with E-state index in [-0.39, 0.29) is 0 Å². The van der Waals surface area contributed by atoms with Crippen LogP contribution in [0.15, 0.2) is 29.2 Å². The fourth-order valence-electron chi connectivity index (χ4n) is 3.10. The fourth-order valence-corrected chi connectivity index (χ4v) is 4.47. The number of fused-ring (bicyclic) bond motifs is 1. The highest BCUT2D eigenvalue weighted by molar-refractivity contribution is 8.00. The van der Waals surface area contributed by atoms with Gasteiger partial charge >= 0.3 is 0 Å². The molecule has 3 rings (SSSR count). The highest BCUT2D eigenvalue weighted by Gasteiger charge is 2.26. The van der Waals surface area contributed by atoms with Gasteiger partial charge in [0.1, 0.15) is 0 Å². The predicted octanol–water partition coefficient (Wildman–Crippen LogP) is 2.39. The van der Waals surface area contributed by atoms with Gasteiger partial charge in [0.2, 0.25) is 0 Å². The van der Waals surface area contributed by atoms with Crippen molar-refractivity contribution in [3.05, 3.63) is 29.8 Å². The number of thioether (sulfide) groups is 1. The normalized spacial score (nSPS) is 28.3. The van der Waals surface area contributed by atoms with Crippen molar-refractivity contribution in [1.29, 1.82) is 0 Å². The summed E-state index contributed by atoms with van der Waals surface area (Å²) in [5.41, 5.74) is 1.55. The lowest BCUT2D eigenvalue weighted by atomic mass is 10.0. The van der Waals surface area contributed by atoms with Gasteiger partial charge in [-0.15, -0.1) is 11.8 Å². The van der Waals surface area contributed by atoms with Crippen LogP contribution in [0.2, 0.25) is 0 Å². The van der Waals surface area contributed by atoms with E-state index in [1.165, 1.54) is 43.8 Å². The Morgan fingerprint density at radius 2 is 2.28 bits per heavy atom. The van der Waals surface area contributed by atoms with E-state index in [1.54, 1.807) is 5.56 Å². The average molecular weight is 262 g/mol. The average Bonchev–Trinajstić information content (AvgIpc) is 2.81. The minimum absolute atomic E-state index is 0.701. The molecule has 0 saturated carbocycles. The van der Waals surface area contributed by atoms with Crippen molar-refractivity contribution in [2.45, 2.75) is 35.4 Å². The summed E-state index contributed by atoms with van der Waals surface area (Å²) in [4.78, 5) is 4.15. The van der Waals surface area contributed by atoms with Crippen molar-refractivity contribution in [2.24, 2.45) is 0 Å². The lowest BCUT2D eigenvalue weighted by molar-refractivity contribution is 0.196. The van der Waals surface area contributed by atoms with Crippen LogP contribution in [0.4, 0.5) is 0 Å². The molecule has 1 fully saturated rings. The summed E-state index contributed by atoms with van der Waals surface area (Å²) in [6.45, 7) is 3.76. The first kappa shape index (κ1) is 12.5. The third-order valence-corrected chi connectivity index (χ3v) is 5.39. The highest BCUT2D eigenvalue weighted by Crippen LogP contribution is 2.37. The predicted molar refractivity (Wildman–Crippen MR) is 78.3 cm³/mol. The van der Waals surface area contributed by atoms with Crippen LogP contribution in [-0.4, -0.2) is 42.9 Å². The molecule has 1 saturated heterocycles. The number of hydrogen-bond acceptors (Lipinski definition) is 3. The van der Waals surface area contributed by atoms with E-state index in [4.69, 9.17) is 0 Å². The number of hydrogen-bond donors (Lipinski definition) is 1. The second-order valence-electron chi connectivity index (χ2n) is 5.44. The molecule has 2 aliphatic heterocycles. The SMILES string of the molecule is CNC1CCCN(CC2Cc3ccccc3S2)C1. The maximum Gasteiger partial charge on any atom is 0.0263 e. The number of nitrogens with zero attached hydrogens (tertiary/aromatic N) is 1. The summed E-state index contributed by atoms with van der Waals surface area (Å²) in [7, 11) is 2.09. The van der Waals surface area contributed by atoms with Crippen molar-refractivity contribution >= 4 is 11.8 Å². The number of likely N-dealkylation sites (tertiary alicyclic amines) is 1. The Morgan fingerprint density at radius 1 is 1.39 bits per heavy atom. The molecule has 0 aromatic heterocycles. The molecule has 0 bridgehead atoms. The molecule has 2 atom stereocenters. The Morgan fingerprint density at radius 3 is 3.11 bits per heavy atom. The molecule has 1 N–H and O–H groups in total. The second kappa shape index (κ2) is 5.64. The monoisotopic (exact) mass is 262 g/mol. The summed E-state index contributed by atoms with van der Waals surface area (Å²) >= 11 is 2.08. The van der Waals surface area contributed by atoms with Crippen molar-refractivity contribution in [3.63, 3.8) is 0 Å². The van der Waals surface area contributed by atoms with Gasteiger partial charge in [-0.25, -0.2) is 0 Å². The topological polar surface area (TPSA) is 15.3 Å². The fraction of sp³-hybridized carbons (Fsp3) is 0.600. The highest BCUT2D eigenvalue weighted by atomic mass is 32.2. The second-order valence-corrected chi connectivity index (χ2v) is 6.78. The maximum atomic E-state index is 3.43. The van der Waals surface area contributed by atoms with Gasteiger partial charge in [-0.05, 0) is 44.5 Å². The number of rotatable bonds is 3. The Bertz CT molecular complexity index is 382. The number of benzene rings is 1. The molecule has 0 radical (unpaired) electrons. The number of likely N-dealkylation sites (N-methyl/N-ethyl adjacent to an activating group) is 1.